The van der Waals surface area contributed by atoms with Crippen molar-refractivity contribution in [1.82, 2.24) is 15.1 Å². The Labute approximate surface area is 176 Å². The number of aliphatic imine (C=N–C) groups is 1. The zero-order valence-electron chi connectivity index (χ0n) is 17.3. The number of H-pyrrole nitrogens is 1. The normalized spacial score (nSPS) is 22.5. The topological polar surface area (TPSA) is 93.7 Å². The van der Waals surface area contributed by atoms with E-state index in [1.165, 1.54) is 0 Å². The molecule has 8 heteroatoms. The predicted octanol–water partition coefficient (Wildman–Crippen LogP) is 3.16. The number of nitrogens with one attached hydrogen (secondary N) is 2. The first kappa shape index (κ1) is 20.1. The summed E-state index contributed by atoms with van der Waals surface area (Å²) in [5, 5.41) is 21.7. The molecule has 1 aromatic heterocycles. The second-order valence-corrected chi connectivity index (χ2v) is 7.68. The van der Waals surface area contributed by atoms with E-state index in [1.807, 2.05) is 32.0 Å². The van der Waals surface area contributed by atoms with Crippen LogP contribution in [0.5, 0.6) is 0 Å². The van der Waals surface area contributed by atoms with Crippen molar-refractivity contribution in [2.75, 3.05) is 44.7 Å². The Hall–Kier alpha value is -3.20. The third-order valence-electron chi connectivity index (χ3n) is 5.82. The summed E-state index contributed by atoms with van der Waals surface area (Å²) in [5.74, 6) is 0.0326. The highest BCUT2D eigenvalue weighted by Gasteiger charge is 2.34. The maximum Gasteiger partial charge on any atom is 0.195 e. The second-order valence-electron chi connectivity index (χ2n) is 7.68. The predicted molar refractivity (Wildman–Crippen MR) is 116 cm³/mol. The lowest BCUT2D eigenvalue weighted by Gasteiger charge is -2.27. The van der Waals surface area contributed by atoms with E-state index in [0.717, 1.165) is 67.4 Å². The molecule has 0 amide bonds. The van der Waals surface area contributed by atoms with Crippen LogP contribution < -0.4 is 5.32 Å². The average molecular weight is 403 g/mol. The van der Waals surface area contributed by atoms with Crippen molar-refractivity contribution in [3.8, 4) is 6.07 Å². The number of nitrogens with zero attached hydrogens (tertiary/aromatic N) is 5. The van der Waals surface area contributed by atoms with Crippen LogP contribution in [-0.4, -0.2) is 60.2 Å². The number of fused-ring (bicyclic) bond motifs is 1. The summed E-state index contributed by atoms with van der Waals surface area (Å²) in [6, 6.07) is 8.34. The van der Waals surface area contributed by atoms with E-state index in [1.54, 1.807) is 0 Å². The zero-order valence-corrected chi connectivity index (χ0v) is 17.3. The minimum Gasteiger partial charge on any atom is -0.379 e. The van der Waals surface area contributed by atoms with Crippen molar-refractivity contribution < 1.29 is 4.74 Å². The molecule has 2 aliphatic rings. The van der Waals surface area contributed by atoms with Gasteiger partial charge in [0.1, 0.15) is 0 Å². The number of ether oxygens (including phenoxy) is 1. The molecule has 0 spiro atoms. The third-order valence-corrected chi connectivity index (χ3v) is 5.82. The van der Waals surface area contributed by atoms with Crippen molar-refractivity contribution >= 4 is 22.4 Å². The highest BCUT2D eigenvalue weighted by Crippen LogP contribution is 2.40. The van der Waals surface area contributed by atoms with Crippen LogP contribution in [0.2, 0.25) is 0 Å². The third kappa shape index (κ3) is 3.80. The molecule has 4 rings (SSSR count). The molecule has 8 nitrogen and oxygen atoms in total. The van der Waals surface area contributed by atoms with Gasteiger partial charge in [0.15, 0.2) is 11.5 Å². The van der Waals surface area contributed by atoms with Crippen LogP contribution in [0.15, 0.2) is 34.6 Å². The summed E-state index contributed by atoms with van der Waals surface area (Å²) in [6.07, 6.45) is 0. The number of hydrogen-bond donors (Lipinski definition) is 2. The molecule has 2 N–H and O–H groups in total. The Bertz CT molecular complexity index is 1080. The van der Waals surface area contributed by atoms with Crippen LogP contribution in [0.25, 0.3) is 15.7 Å². The largest absolute Gasteiger partial charge is 0.379 e. The van der Waals surface area contributed by atoms with E-state index in [9.17, 15) is 5.26 Å². The lowest BCUT2D eigenvalue weighted by Crippen LogP contribution is -2.39. The van der Waals surface area contributed by atoms with E-state index < -0.39 is 5.92 Å². The number of rotatable bonds is 5. The second kappa shape index (κ2) is 8.66. The standard InChI is InChI=1S/C22H25N7O/c1-14-18(13-23)20(21(24-3)15(2)26-14)16-4-5-19-17(12-16)22(28-27-19)25-6-7-29-8-10-30-11-9-29/h4-5,12,18,20H,6-11H2,1-2H3,(H2,25,27,28). The van der Waals surface area contributed by atoms with Crippen molar-refractivity contribution in [3.63, 3.8) is 0 Å². The number of anilines is 1. The van der Waals surface area contributed by atoms with Gasteiger partial charge < -0.3 is 10.1 Å². The molecule has 3 heterocycles. The number of aromatic amines is 1. The first-order valence-corrected chi connectivity index (χ1v) is 10.2. The monoisotopic (exact) mass is 403 g/mol. The highest BCUT2D eigenvalue weighted by atomic mass is 16.5. The summed E-state index contributed by atoms with van der Waals surface area (Å²) in [4.78, 5) is 10.5. The van der Waals surface area contributed by atoms with E-state index >= 15 is 0 Å². The first-order valence-electron chi connectivity index (χ1n) is 10.2. The number of allylic oxidation sites excluding steroid dienone is 2. The molecule has 2 unspecified atom stereocenters. The van der Waals surface area contributed by atoms with Crippen molar-refractivity contribution in [1.29, 1.82) is 5.26 Å². The summed E-state index contributed by atoms with van der Waals surface area (Å²) in [6.45, 7) is 16.5. The van der Waals surface area contributed by atoms with Crippen molar-refractivity contribution in [3.05, 3.63) is 46.6 Å². The molecule has 0 bridgehead atoms. The molecule has 0 radical (unpaired) electrons. The van der Waals surface area contributed by atoms with Crippen LogP contribution in [-0.2, 0) is 4.74 Å². The SMILES string of the molecule is [C-]#[N+]C1=C(C)N=C(C)C(C#N)C1c1ccc2[nH]nc(NCCN3CCOCC3)c2c1. The quantitative estimate of drug-likeness (QED) is 0.748. The molecule has 0 saturated carbocycles. The molecule has 1 fully saturated rings. The van der Waals surface area contributed by atoms with Gasteiger partial charge in [-0.2, -0.15) is 10.4 Å². The lowest BCUT2D eigenvalue weighted by molar-refractivity contribution is 0.0398. The Balaban J connectivity index is 1.60. The van der Waals surface area contributed by atoms with Gasteiger partial charge in [0.05, 0.1) is 37.3 Å². The van der Waals surface area contributed by atoms with E-state index in [0.29, 0.717) is 11.4 Å². The van der Waals surface area contributed by atoms with Gasteiger partial charge in [0, 0.05) is 48.9 Å². The maximum atomic E-state index is 9.76. The van der Waals surface area contributed by atoms with Gasteiger partial charge in [0.2, 0.25) is 0 Å². The van der Waals surface area contributed by atoms with Crippen LogP contribution in [0, 0.1) is 23.8 Å². The molecule has 30 heavy (non-hydrogen) atoms. The molecular weight excluding hydrogens is 378 g/mol. The first-order chi connectivity index (χ1) is 14.6. The smallest absolute Gasteiger partial charge is 0.195 e. The number of benzene rings is 1. The minimum absolute atomic E-state index is 0.314. The Morgan fingerprint density at radius 1 is 1.37 bits per heavy atom. The number of hydrogen-bond acceptors (Lipinski definition) is 6. The maximum absolute atomic E-state index is 9.76. The van der Waals surface area contributed by atoms with Gasteiger partial charge >= 0.3 is 0 Å². The fourth-order valence-electron chi connectivity index (χ4n) is 4.20. The Kier molecular flexibility index (Phi) is 5.80. The summed E-state index contributed by atoms with van der Waals surface area (Å²) in [5.41, 5.74) is 3.84. The molecule has 2 aromatic rings. The summed E-state index contributed by atoms with van der Waals surface area (Å²) < 4.78 is 5.40. The zero-order chi connectivity index (χ0) is 21.1. The Morgan fingerprint density at radius 3 is 2.90 bits per heavy atom. The van der Waals surface area contributed by atoms with Crippen molar-refractivity contribution in [2.24, 2.45) is 10.9 Å². The summed E-state index contributed by atoms with van der Waals surface area (Å²) >= 11 is 0. The van der Waals surface area contributed by atoms with Crippen LogP contribution in [0.1, 0.15) is 25.3 Å². The van der Waals surface area contributed by atoms with Crippen LogP contribution in [0.3, 0.4) is 0 Å². The van der Waals surface area contributed by atoms with E-state index in [2.05, 4.69) is 36.3 Å². The van der Waals surface area contributed by atoms with Gasteiger partial charge in [-0.3, -0.25) is 15.0 Å². The molecule has 2 aliphatic heterocycles. The molecule has 1 saturated heterocycles. The molecule has 0 aliphatic carbocycles. The molecule has 154 valence electrons. The number of nitriles is 1. The van der Waals surface area contributed by atoms with Gasteiger partial charge in [-0.05, 0) is 31.5 Å². The minimum atomic E-state index is -0.445. The van der Waals surface area contributed by atoms with Gasteiger partial charge in [0.25, 0.3) is 0 Å². The number of aromatic nitrogens is 2. The number of morpholine rings is 1. The van der Waals surface area contributed by atoms with Gasteiger partial charge in [-0.1, -0.05) is 6.07 Å². The highest BCUT2D eigenvalue weighted by molar-refractivity contribution is 5.92. The Morgan fingerprint density at radius 2 is 2.17 bits per heavy atom. The summed E-state index contributed by atoms with van der Waals surface area (Å²) in [7, 11) is 0. The fourth-order valence-corrected chi connectivity index (χ4v) is 4.20. The van der Waals surface area contributed by atoms with E-state index in [-0.39, 0.29) is 5.92 Å². The van der Waals surface area contributed by atoms with Gasteiger partial charge in [-0.15, -0.1) is 0 Å². The van der Waals surface area contributed by atoms with Crippen molar-refractivity contribution in [2.45, 2.75) is 19.8 Å². The molecule has 1 aromatic carbocycles. The van der Waals surface area contributed by atoms with Gasteiger partial charge in [-0.25, -0.2) is 4.85 Å². The lowest BCUT2D eigenvalue weighted by atomic mass is 9.79. The average Bonchev–Trinajstić information content (AvgIpc) is 3.16. The van der Waals surface area contributed by atoms with Crippen LogP contribution in [0.4, 0.5) is 5.82 Å². The molecule has 2 atom stereocenters. The molecular formula is C22H25N7O. The van der Waals surface area contributed by atoms with E-state index in [4.69, 9.17) is 11.3 Å². The van der Waals surface area contributed by atoms with Crippen LogP contribution >= 0.6 is 0 Å². The fraction of sp³-hybridized carbons (Fsp3) is 0.455.